The highest BCUT2D eigenvalue weighted by molar-refractivity contribution is 7.16. The van der Waals surface area contributed by atoms with E-state index < -0.39 is 0 Å². The number of nitrogens with one attached hydrogen (secondary N) is 2. The average Bonchev–Trinajstić information content (AvgIpc) is 3.52. The molecule has 5 rings (SSSR count). The molecule has 3 heterocycles. The maximum absolute atomic E-state index is 12.9. The maximum Gasteiger partial charge on any atom is 0.291 e. The molecule has 6 nitrogen and oxygen atoms in total. The Hall–Kier alpha value is -3.58. The third-order valence-corrected chi connectivity index (χ3v) is 7.10. The highest BCUT2D eigenvalue weighted by Crippen LogP contribution is 2.46. The number of amides is 1. The summed E-state index contributed by atoms with van der Waals surface area (Å²) in [5, 5.41) is 7.58. The molecule has 1 aliphatic carbocycles. The van der Waals surface area contributed by atoms with Crippen LogP contribution in [0.1, 0.15) is 51.0 Å². The van der Waals surface area contributed by atoms with Crippen molar-refractivity contribution in [2.75, 3.05) is 17.7 Å². The van der Waals surface area contributed by atoms with Gasteiger partial charge in [-0.25, -0.2) is 4.98 Å². The van der Waals surface area contributed by atoms with Crippen molar-refractivity contribution in [1.82, 2.24) is 4.98 Å². The summed E-state index contributed by atoms with van der Waals surface area (Å²) in [4.78, 5) is 18.8. The third-order valence-electron chi connectivity index (χ3n) is 5.88. The number of carbonyl (C=O) groups is 1. The van der Waals surface area contributed by atoms with E-state index in [4.69, 9.17) is 9.15 Å². The van der Waals surface area contributed by atoms with Gasteiger partial charge in [0, 0.05) is 22.2 Å². The molecule has 33 heavy (non-hydrogen) atoms. The van der Waals surface area contributed by atoms with Gasteiger partial charge in [-0.2, -0.15) is 0 Å². The van der Waals surface area contributed by atoms with Gasteiger partial charge in [-0.3, -0.25) is 4.79 Å². The predicted octanol–water partition coefficient (Wildman–Crippen LogP) is 6.08. The van der Waals surface area contributed by atoms with Crippen LogP contribution < -0.4 is 15.4 Å². The largest absolute Gasteiger partial charge is 0.496 e. The maximum atomic E-state index is 12.9. The number of benzene rings is 1. The molecule has 7 heteroatoms. The quantitative estimate of drug-likeness (QED) is 0.350. The Morgan fingerprint density at radius 3 is 2.73 bits per heavy atom. The van der Waals surface area contributed by atoms with Gasteiger partial charge in [-0.1, -0.05) is 24.3 Å². The lowest BCUT2D eigenvalue weighted by Crippen LogP contribution is -2.19. The van der Waals surface area contributed by atoms with Crippen LogP contribution in [0.4, 0.5) is 10.8 Å². The van der Waals surface area contributed by atoms with Gasteiger partial charge in [-0.05, 0) is 61.6 Å². The van der Waals surface area contributed by atoms with E-state index >= 15 is 0 Å². The number of aromatic nitrogens is 1. The molecule has 2 N–H and O–H groups in total. The van der Waals surface area contributed by atoms with Gasteiger partial charge in [0.1, 0.15) is 16.6 Å². The smallest absolute Gasteiger partial charge is 0.291 e. The molecule has 0 bridgehead atoms. The Morgan fingerprint density at radius 2 is 1.94 bits per heavy atom. The van der Waals surface area contributed by atoms with Crippen LogP contribution in [-0.4, -0.2) is 18.0 Å². The average molecular weight is 460 g/mol. The number of pyridine rings is 1. The molecule has 0 spiro atoms. The van der Waals surface area contributed by atoms with Gasteiger partial charge in [0.25, 0.3) is 5.91 Å². The molecule has 3 aromatic heterocycles. The van der Waals surface area contributed by atoms with E-state index in [9.17, 15) is 4.79 Å². The van der Waals surface area contributed by atoms with Crippen molar-refractivity contribution in [1.29, 1.82) is 0 Å². The molecule has 0 saturated carbocycles. The molecule has 0 fully saturated rings. The normalized spacial score (nSPS) is 13.7. The zero-order valence-electron chi connectivity index (χ0n) is 18.3. The molecule has 1 amide bonds. The number of hydrogen-bond donors (Lipinski definition) is 2. The highest BCUT2D eigenvalue weighted by atomic mass is 32.1. The second kappa shape index (κ2) is 9.50. The minimum Gasteiger partial charge on any atom is -0.496 e. The number of nitrogens with zero attached hydrogens (tertiary/aromatic N) is 1. The summed E-state index contributed by atoms with van der Waals surface area (Å²) >= 11 is 1.66. The molecule has 1 aliphatic rings. The Balaban J connectivity index is 1.64. The monoisotopic (exact) mass is 459 g/mol. The summed E-state index contributed by atoms with van der Waals surface area (Å²) in [6.07, 6.45) is 7.56. The zero-order chi connectivity index (χ0) is 22.6. The third kappa shape index (κ3) is 4.36. The minimum absolute atomic E-state index is 0.249. The topological polar surface area (TPSA) is 76.4 Å². The zero-order valence-corrected chi connectivity index (χ0v) is 19.2. The Labute approximate surface area is 196 Å². The molecule has 1 aromatic carbocycles. The van der Waals surface area contributed by atoms with E-state index in [1.807, 2.05) is 36.4 Å². The van der Waals surface area contributed by atoms with Crippen molar-refractivity contribution in [3.8, 4) is 5.75 Å². The number of carbonyl (C=O) groups excluding carboxylic acids is 1. The van der Waals surface area contributed by atoms with Crippen LogP contribution in [0.15, 0.2) is 71.5 Å². The van der Waals surface area contributed by atoms with Gasteiger partial charge < -0.3 is 19.8 Å². The first-order valence-electron chi connectivity index (χ1n) is 11.0. The molecule has 4 aromatic rings. The molecule has 168 valence electrons. The standard InChI is InChI=1S/C26H25N3O3S/c1-31-19-11-4-2-9-17(19)24(28-22-14-6-7-15-27-22)23-18-10-3-5-13-21(18)33-26(23)29-25(30)20-12-8-16-32-20/h2,4,6-9,11-12,14-16,24H,3,5,10,13H2,1H3,(H,27,28)(H,29,30)/t24-/m1/s1. The number of furan rings is 1. The number of rotatable bonds is 7. The van der Waals surface area contributed by atoms with Crippen LogP contribution in [0.3, 0.4) is 0 Å². The van der Waals surface area contributed by atoms with Gasteiger partial charge in [0.2, 0.25) is 0 Å². The van der Waals surface area contributed by atoms with Crippen molar-refractivity contribution in [2.45, 2.75) is 31.7 Å². The summed E-state index contributed by atoms with van der Waals surface area (Å²) < 4.78 is 11.1. The summed E-state index contributed by atoms with van der Waals surface area (Å²) in [6.45, 7) is 0. The first kappa shape index (κ1) is 21.3. The van der Waals surface area contributed by atoms with Crippen LogP contribution in [0.25, 0.3) is 0 Å². The second-order valence-electron chi connectivity index (χ2n) is 7.92. The first-order chi connectivity index (χ1) is 16.2. The van der Waals surface area contributed by atoms with E-state index in [1.54, 1.807) is 36.8 Å². The highest BCUT2D eigenvalue weighted by Gasteiger charge is 2.30. The van der Waals surface area contributed by atoms with Crippen molar-refractivity contribution >= 4 is 28.1 Å². The number of fused-ring (bicyclic) bond motifs is 1. The summed E-state index contributed by atoms with van der Waals surface area (Å²) in [5.74, 6) is 1.58. The van der Waals surface area contributed by atoms with Gasteiger partial charge in [-0.15, -0.1) is 11.3 Å². The number of thiophene rings is 1. The van der Waals surface area contributed by atoms with Crippen molar-refractivity contribution in [2.24, 2.45) is 0 Å². The molecule has 1 atom stereocenters. The summed E-state index contributed by atoms with van der Waals surface area (Å²) in [7, 11) is 1.68. The van der Waals surface area contributed by atoms with Crippen molar-refractivity contribution in [3.63, 3.8) is 0 Å². The predicted molar refractivity (Wildman–Crippen MR) is 130 cm³/mol. The van der Waals surface area contributed by atoms with Gasteiger partial charge in [0.15, 0.2) is 5.76 Å². The fourth-order valence-corrected chi connectivity index (χ4v) is 5.69. The first-order valence-corrected chi connectivity index (χ1v) is 11.9. The molecular weight excluding hydrogens is 434 g/mol. The second-order valence-corrected chi connectivity index (χ2v) is 9.02. The van der Waals surface area contributed by atoms with Gasteiger partial charge in [0.05, 0.1) is 19.4 Å². The summed E-state index contributed by atoms with van der Waals surface area (Å²) in [6, 6.07) is 16.9. The molecule has 0 radical (unpaired) electrons. The molecule has 0 aliphatic heterocycles. The Kier molecular flexibility index (Phi) is 6.13. The number of methoxy groups -OCH3 is 1. The number of ether oxygens (including phenoxy) is 1. The van der Waals surface area contributed by atoms with E-state index in [1.165, 1.54) is 16.7 Å². The fourth-order valence-electron chi connectivity index (χ4n) is 4.37. The van der Waals surface area contributed by atoms with Crippen molar-refractivity contribution < 1.29 is 13.9 Å². The fraction of sp³-hybridized carbons (Fsp3) is 0.231. The van der Waals surface area contributed by atoms with Crippen LogP contribution in [0.5, 0.6) is 5.75 Å². The van der Waals surface area contributed by atoms with Gasteiger partial charge >= 0.3 is 0 Å². The van der Waals surface area contributed by atoms with E-state index in [0.717, 1.165) is 53.4 Å². The van der Waals surface area contributed by atoms with Crippen LogP contribution in [0, 0.1) is 0 Å². The minimum atomic E-state index is -0.253. The van der Waals surface area contributed by atoms with Crippen LogP contribution in [-0.2, 0) is 12.8 Å². The lowest BCUT2D eigenvalue weighted by Gasteiger charge is -2.25. The van der Waals surface area contributed by atoms with Crippen LogP contribution in [0.2, 0.25) is 0 Å². The van der Waals surface area contributed by atoms with E-state index in [2.05, 4.69) is 21.7 Å². The molecule has 0 saturated heterocycles. The van der Waals surface area contributed by atoms with Crippen LogP contribution >= 0.6 is 11.3 Å². The lowest BCUT2D eigenvalue weighted by molar-refractivity contribution is 0.0997. The van der Waals surface area contributed by atoms with E-state index in [-0.39, 0.29) is 11.9 Å². The molecule has 0 unspecified atom stereocenters. The Bertz CT molecular complexity index is 1240. The summed E-state index contributed by atoms with van der Waals surface area (Å²) in [5.41, 5.74) is 3.37. The van der Waals surface area contributed by atoms with Crippen molar-refractivity contribution in [3.05, 3.63) is 94.4 Å². The number of para-hydroxylation sites is 1. The van der Waals surface area contributed by atoms with E-state index in [0.29, 0.717) is 5.76 Å². The SMILES string of the molecule is COc1ccccc1[C@@H](Nc1ccccn1)c1c(NC(=O)c2ccco2)sc2c1CCCC2. The number of anilines is 2. The Morgan fingerprint density at radius 1 is 1.09 bits per heavy atom. The number of hydrogen-bond acceptors (Lipinski definition) is 6. The lowest BCUT2D eigenvalue weighted by atomic mass is 9.89. The number of aryl methyl sites for hydroxylation is 1. The molecular formula is C26H25N3O3S.